The van der Waals surface area contributed by atoms with E-state index in [1.165, 1.54) is 0 Å². The van der Waals surface area contributed by atoms with E-state index in [1.54, 1.807) is 18.5 Å². The molecule has 0 saturated heterocycles. The average Bonchev–Trinajstić information content (AvgIpc) is 2.32. The minimum Gasteiger partial charge on any atom is -0.381 e. The fraction of sp³-hybridized carbons (Fsp3) is 0.214. The molecule has 1 unspecified atom stereocenters. The molecule has 0 amide bonds. The van der Waals surface area contributed by atoms with Crippen LogP contribution in [0.4, 0.5) is 0 Å². The maximum absolute atomic E-state index is 12.4. The van der Waals surface area contributed by atoms with Crippen LogP contribution in [0.5, 0.6) is 0 Å². The van der Waals surface area contributed by atoms with Gasteiger partial charge in [-0.1, -0.05) is 30.3 Å². The van der Waals surface area contributed by atoms with Gasteiger partial charge in [-0.2, -0.15) is 0 Å². The molecule has 1 atom stereocenters. The lowest BCUT2D eigenvalue weighted by atomic mass is 10.1. The van der Waals surface area contributed by atoms with Crippen molar-refractivity contribution in [2.45, 2.75) is 19.9 Å². The lowest BCUT2D eigenvalue weighted by molar-refractivity contribution is 0.627. The van der Waals surface area contributed by atoms with Crippen molar-refractivity contribution < 1.29 is 0 Å². The quantitative estimate of drug-likeness (QED) is 0.871. The number of halogens is 1. The number of benzene rings is 1. The van der Waals surface area contributed by atoms with E-state index in [4.69, 9.17) is 11.6 Å². The van der Waals surface area contributed by atoms with Gasteiger partial charge in [-0.15, -0.1) is 0 Å². The number of rotatable bonds is 3. The van der Waals surface area contributed by atoms with Crippen LogP contribution in [0, 0.1) is 0 Å². The first-order chi connectivity index (χ1) is 8.91. The summed E-state index contributed by atoms with van der Waals surface area (Å²) in [4.78, 5) is 12.4. The van der Waals surface area contributed by atoms with Gasteiger partial charge in [0.25, 0.3) is 0 Å². The molecule has 19 heavy (non-hydrogen) atoms. The van der Waals surface area contributed by atoms with E-state index in [9.17, 15) is 4.79 Å². The van der Waals surface area contributed by atoms with Crippen molar-refractivity contribution in [1.29, 1.82) is 0 Å². The molecule has 0 bridgehead atoms. The van der Waals surface area contributed by atoms with Crippen molar-refractivity contribution in [3.05, 3.63) is 57.6 Å². The SMILES string of the molecule is Bn1c(C(C)NC(=C)C)cc2cccc(Cl)c2c1=O. The Bertz CT molecular complexity index is 708. The second-order valence-corrected chi connectivity index (χ2v) is 5.19. The summed E-state index contributed by atoms with van der Waals surface area (Å²) in [6, 6.07) is 7.49. The minimum atomic E-state index is -0.0755. The molecule has 0 spiro atoms. The molecule has 2 rings (SSSR count). The van der Waals surface area contributed by atoms with Crippen molar-refractivity contribution in [1.82, 2.24) is 9.79 Å². The number of aromatic nitrogens is 1. The standard InChI is InChI=1S/C14H16BClN2O/c1-8(2)17-9(3)12-7-10-5-4-6-11(16)13(10)14(19)18(12)15/h4-7,9,17H,1,15H2,2-3H3. The number of pyridine rings is 1. The van der Waals surface area contributed by atoms with Gasteiger partial charge >= 0.3 is 0 Å². The van der Waals surface area contributed by atoms with Gasteiger partial charge in [-0.3, -0.25) is 4.79 Å². The Morgan fingerprint density at radius 3 is 2.84 bits per heavy atom. The monoisotopic (exact) mass is 274 g/mol. The Morgan fingerprint density at radius 1 is 1.53 bits per heavy atom. The molecule has 0 aliphatic rings. The minimum absolute atomic E-state index is 0.0126. The highest BCUT2D eigenvalue weighted by atomic mass is 35.5. The lowest BCUT2D eigenvalue weighted by Gasteiger charge is -2.19. The molecular weight excluding hydrogens is 258 g/mol. The zero-order valence-corrected chi connectivity index (χ0v) is 12.1. The number of hydrogen-bond acceptors (Lipinski definition) is 2. The van der Waals surface area contributed by atoms with Gasteiger partial charge in [-0.25, -0.2) is 0 Å². The van der Waals surface area contributed by atoms with Gasteiger partial charge < -0.3 is 9.79 Å². The first kappa shape index (κ1) is 13.7. The summed E-state index contributed by atoms with van der Waals surface area (Å²) in [7, 11) is 1.76. The van der Waals surface area contributed by atoms with Crippen LogP contribution in [0.25, 0.3) is 10.8 Å². The Balaban J connectivity index is 2.68. The smallest absolute Gasteiger partial charge is 0.247 e. The topological polar surface area (TPSA) is 34.0 Å². The van der Waals surface area contributed by atoms with Gasteiger partial charge in [0.2, 0.25) is 13.5 Å². The van der Waals surface area contributed by atoms with Crippen LogP contribution in [0.3, 0.4) is 0 Å². The third kappa shape index (κ3) is 2.54. The number of fused-ring (bicyclic) bond motifs is 1. The predicted octanol–water partition coefficient (Wildman–Crippen LogP) is 2.24. The zero-order valence-electron chi connectivity index (χ0n) is 11.3. The van der Waals surface area contributed by atoms with Crippen LogP contribution in [0.1, 0.15) is 25.6 Å². The van der Waals surface area contributed by atoms with Gasteiger partial charge in [0, 0.05) is 11.4 Å². The molecule has 0 fully saturated rings. The Morgan fingerprint density at radius 2 is 2.21 bits per heavy atom. The molecule has 0 saturated carbocycles. The highest BCUT2D eigenvalue weighted by Crippen LogP contribution is 2.22. The van der Waals surface area contributed by atoms with E-state index < -0.39 is 0 Å². The number of allylic oxidation sites excluding steroid dienone is 1. The highest BCUT2D eigenvalue weighted by molar-refractivity contribution is 6.35. The summed E-state index contributed by atoms with van der Waals surface area (Å²) in [5.41, 5.74) is 1.70. The van der Waals surface area contributed by atoms with Crippen molar-refractivity contribution >= 4 is 30.4 Å². The van der Waals surface area contributed by atoms with E-state index in [-0.39, 0.29) is 11.6 Å². The van der Waals surface area contributed by atoms with Crippen LogP contribution in [-0.4, -0.2) is 12.5 Å². The third-order valence-electron chi connectivity index (χ3n) is 3.16. The average molecular weight is 275 g/mol. The lowest BCUT2D eigenvalue weighted by Crippen LogP contribution is -2.28. The summed E-state index contributed by atoms with van der Waals surface area (Å²) in [6.07, 6.45) is 0. The Hall–Kier alpha value is -1.68. The largest absolute Gasteiger partial charge is 0.381 e. The van der Waals surface area contributed by atoms with Crippen molar-refractivity contribution in [3.8, 4) is 0 Å². The van der Waals surface area contributed by atoms with E-state index in [1.807, 2.05) is 32.0 Å². The summed E-state index contributed by atoms with van der Waals surface area (Å²) < 4.78 is 1.63. The molecule has 2 aromatic rings. The number of hydrogen-bond donors (Lipinski definition) is 1. The van der Waals surface area contributed by atoms with Gasteiger partial charge in [0.1, 0.15) is 0 Å². The molecule has 0 radical (unpaired) electrons. The van der Waals surface area contributed by atoms with E-state index in [0.29, 0.717) is 10.4 Å². The molecule has 3 nitrogen and oxygen atoms in total. The molecule has 1 aromatic heterocycles. The predicted molar refractivity (Wildman–Crippen MR) is 83.5 cm³/mol. The number of nitrogens with one attached hydrogen (secondary N) is 1. The maximum Gasteiger partial charge on any atom is 0.247 e. The fourth-order valence-electron chi connectivity index (χ4n) is 2.29. The highest BCUT2D eigenvalue weighted by Gasteiger charge is 2.13. The Labute approximate surface area is 118 Å². The van der Waals surface area contributed by atoms with Crippen molar-refractivity contribution in [2.24, 2.45) is 0 Å². The second kappa shape index (κ2) is 5.13. The van der Waals surface area contributed by atoms with E-state index in [0.717, 1.165) is 16.8 Å². The molecule has 1 N–H and O–H groups in total. The Kier molecular flexibility index (Phi) is 3.72. The molecular formula is C14H16BClN2O. The fourth-order valence-corrected chi connectivity index (χ4v) is 2.55. The van der Waals surface area contributed by atoms with Crippen LogP contribution in [-0.2, 0) is 0 Å². The van der Waals surface area contributed by atoms with Crippen LogP contribution in [0.15, 0.2) is 41.3 Å². The first-order valence-electron chi connectivity index (χ1n) is 6.12. The molecule has 1 aromatic carbocycles. The second-order valence-electron chi connectivity index (χ2n) is 4.78. The molecule has 0 aliphatic carbocycles. The van der Waals surface area contributed by atoms with Crippen LogP contribution >= 0.6 is 11.6 Å². The molecule has 0 aliphatic heterocycles. The number of nitrogens with zero attached hydrogens (tertiary/aromatic N) is 1. The third-order valence-corrected chi connectivity index (χ3v) is 3.48. The van der Waals surface area contributed by atoms with Gasteiger partial charge in [0.15, 0.2) is 0 Å². The van der Waals surface area contributed by atoms with E-state index >= 15 is 0 Å². The zero-order chi connectivity index (χ0) is 14.2. The van der Waals surface area contributed by atoms with Crippen LogP contribution in [0.2, 0.25) is 5.02 Å². The summed E-state index contributed by atoms with van der Waals surface area (Å²) in [5.74, 6) is 0. The maximum atomic E-state index is 12.4. The van der Waals surface area contributed by atoms with Gasteiger partial charge in [-0.05, 0) is 31.4 Å². The summed E-state index contributed by atoms with van der Waals surface area (Å²) in [6.45, 7) is 7.72. The van der Waals surface area contributed by atoms with Crippen LogP contribution < -0.4 is 10.9 Å². The molecule has 1 heterocycles. The summed E-state index contributed by atoms with van der Waals surface area (Å²) in [5, 5.41) is 5.14. The van der Waals surface area contributed by atoms with Crippen molar-refractivity contribution in [2.75, 3.05) is 0 Å². The molecule has 5 heteroatoms. The summed E-state index contributed by atoms with van der Waals surface area (Å²) >= 11 is 6.11. The van der Waals surface area contributed by atoms with Crippen molar-refractivity contribution in [3.63, 3.8) is 0 Å². The normalized spacial score (nSPS) is 12.4. The van der Waals surface area contributed by atoms with Gasteiger partial charge in [0.05, 0.1) is 16.5 Å². The van der Waals surface area contributed by atoms with E-state index in [2.05, 4.69) is 11.9 Å². The molecule has 98 valence electrons. The first-order valence-corrected chi connectivity index (χ1v) is 6.50.